The van der Waals surface area contributed by atoms with Crippen LogP contribution in [0.1, 0.15) is 11.7 Å². The lowest BCUT2D eigenvalue weighted by Gasteiger charge is -2.14. The summed E-state index contributed by atoms with van der Waals surface area (Å²) in [7, 11) is 0. The van der Waals surface area contributed by atoms with Crippen molar-refractivity contribution in [2.24, 2.45) is 0 Å². The Balaban J connectivity index is 2.06. The summed E-state index contributed by atoms with van der Waals surface area (Å²) in [6.45, 7) is 0.0863. The van der Waals surface area contributed by atoms with Crippen molar-refractivity contribution in [1.29, 1.82) is 0 Å². The lowest BCUT2D eigenvalue weighted by atomic mass is 10.1. The SMILES string of the molecule is OC(CNc1c(F)cccc1Br)c1cccc(F)c1. The van der Waals surface area contributed by atoms with Gasteiger partial charge in [0, 0.05) is 11.0 Å². The molecule has 0 spiro atoms. The van der Waals surface area contributed by atoms with E-state index in [-0.39, 0.29) is 12.2 Å². The van der Waals surface area contributed by atoms with Gasteiger partial charge in [0.2, 0.25) is 0 Å². The highest BCUT2D eigenvalue weighted by Gasteiger charge is 2.11. The first kappa shape index (κ1) is 14.0. The van der Waals surface area contributed by atoms with E-state index in [1.165, 1.54) is 24.3 Å². The molecule has 0 fully saturated rings. The third-order valence-electron chi connectivity index (χ3n) is 2.67. The van der Waals surface area contributed by atoms with Gasteiger partial charge in [-0.1, -0.05) is 18.2 Å². The molecule has 2 aromatic rings. The van der Waals surface area contributed by atoms with Gasteiger partial charge in [-0.15, -0.1) is 0 Å². The van der Waals surface area contributed by atoms with E-state index in [9.17, 15) is 13.9 Å². The highest BCUT2D eigenvalue weighted by Crippen LogP contribution is 2.26. The molecule has 19 heavy (non-hydrogen) atoms. The molecule has 1 atom stereocenters. The Morgan fingerprint density at radius 3 is 2.58 bits per heavy atom. The smallest absolute Gasteiger partial charge is 0.147 e. The van der Waals surface area contributed by atoms with Crippen LogP contribution in [-0.4, -0.2) is 11.7 Å². The Labute approximate surface area is 118 Å². The predicted molar refractivity (Wildman–Crippen MR) is 73.9 cm³/mol. The molecular formula is C14H12BrF2NO. The fourth-order valence-electron chi connectivity index (χ4n) is 1.70. The summed E-state index contributed by atoms with van der Waals surface area (Å²) in [5, 5.41) is 12.7. The minimum Gasteiger partial charge on any atom is -0.387 e. The van der Waals surface area contributed by atoms with Crippen LogP contribution in [0.25, 0.3) is 0 Å². The van der Waals surface area contributed by atoms with Crippen molar-refractivity contribution in [3.63, 3.8) is 0 Å². The summed E-state index contributed by atoms with van der Waals surface area (Å²) in [5.41, 5.74) is 0.720. The van der Waals surface area contributed by atoms with Crippen LogP contribution in [0.5, 0.6) is 0 Å². The highest BCUT2D eigenvalue weighted by atomic mass is 79.9. The summed E-state index contributed by atoms with van der Waals surface area (Å²) >= 11 is 3.22. The molecule has 2 N–H and O–H groups in total. The first-order chi connectivity index (χ1) is 9.08. The van der Waals surface area contributed by atoms with Crippen LogP contribution in [-0.2, 0) is 0 Å². The molecule has 0 heterocycles. The number of rotatable bonds is 4. The van der Waals surface area contributed by atoms with Crippen molar-refractivity contribution >= 4 is 21.6 Å². The molecule has 100 valence electrons. The summed E-state index contributed by atoms with van der Waals surface area (Å²) in [4.78, 5) is 0. The summed E-state index contributed by atoms with van der Waals surface area (Å²) in [5.74, 6) is -0.829. The zero-order valence-corrected chi connectivity index (χ0v) is 11.5. The lowest BCUT2D eigenvalue weighted by molar-refractivity contribution is 0.191. The molecule has 0 bridgehead atoms. The zero-order chi connectivity index (χ0) is 13.8. The maximum Gasteiger partial charge on any atom is 0.147 e. The average Bonchev–Trinajstić information content (AvgIpc) is 2.38. The molecule has 0 radical (unpaired) electrons. The molecule has 0 aliphatic rings. The number of benzene rings is 2. The predicted octanol–water partition coefficient (Wildman–Crippen LogP) is 3.87. The van der Waals surface area contributed by atoms with Crippen molar-refractivity contribution in [3.05, 3.63) is 64.1 Å². The Kier molecular flexibility index (Phi) is 4.50. The molecule has 0 saturated carbocycles. The fraction of sp³-hybridized carbons (Fsp3) is 0.143. The van der Waals surface area contributed by atoms with Crippen molar-refractivity contribution in [2.45, 2.75) is 6.10 Å². The number of nitrogens with one attached hydrogen (secondary N) is 1. The van der Waals surface area contributed by atoms with E-state index >= 15 is 0 Å². The zero-order valence-electron chi connectivity index (χ0n) is 9.91. The van der Waals surface area contributed by atoms with Crippen molar-refractivity contribution < 1.29 is 13.9 Å². The second kappa shape index (κ2) is 6.12. The van der Waals surface area contributed by atoms with Gasteiger partial charge in [-0.05, 0) is 45.8 Å². The normalized spacial score (nSPS) is 12.2. The van der Waals surface area contributed by atoms with E-state index in [1.54, 1.807) is 18.2 Å². The van der Waals surface area contributed by atoms with Crippen LogP contribution < -0.4 is 5.32 Å². The third kappa shape index (κ3) is 3.52. The average molecular weight is 328 g/mol. The van der Waals surface area contributed by atoms with Gasteiger partial charge in [-0.2, -0.15) is 0 Å². The lowest BCUT2D eigenvalue weighted by Crippen LogP contribution is -2.13. The summed E-state index contributed by atoms with van der Waals surface area (Å²) in [6.07, 6.45) is -0.915. The number of hydrogen-bond donors (Lipinski definition) is 2. The van der Waals surface area contributed by atoms with Gasteiger partial charge in [0.25, 0.3) is 0 Å². The number of hydrogen-bond acceptors (Lipinski definition) is 2. The van der Waals surface area contributed by atoms with E-state index < -0.39 is 17.7 Å². The van der Waals surface area contributed by atoms with E-state index in [0.29, 0.717) is 10.0 Å². The number of para-hydroxylation sites is 1. The molecule has 2 aromatic carbocycles. The van der Waals surface area contributed by atoms with E-state index in [4.69, 9.17) is 0 Å². The van der Waals surface area contributed by atoms with Gasteiger partial charge in [0.05, 0.1) is 11.8 Å². The number of halogens is 3. The molecule has 1 unspecified atom stereocenters. The van der Waals surface area contributed by atoms with Gasteiger partial charge in [0.15, 0.2) is 0 Å². The summed E-state index contributed by atoms with van der Waals surface area (Å²) in [6, 6.07) is 10.3. The van der Waals surface area contributed by atoms with Gasteiger partial charge in [0.1, 0.15) is 11.6 Å². The second-order valence-electron chi connectivity index (χ2n) is 4.05. The van der Waals surface area contributed by atoms with Crippen LogP contribution >= 0.6 is 15.9 Å². The Hall–Kier alpha value is -1.46. The number of anilines is 1. The van der Waals surface area contributed by atoms with E-state index in [0.717, 1.165) is 0 Å². The van der Waals surface area contributed by atoms with E-state index in [2.05, 4.69) is 21.2 Å². The number of aliphatic hydroxyl groups excluding tert-OH is 1. The van der Waals surface area contributed by atoms with Crippen LogP contribution in [0.15, 0.2) is 46.9 Å². The molecule has 0 aliphatic carbocycles. The number of aliphatic hydroxyl groups is 1. The van der Waals surface area contributed by atoms with Crippen LogP contribution in [0, 0.1) is 11.6 Å². The maximum absolute atomic E-state index is 13.5. The monoisotopic (exact) mass is 327 g/mol. The maximum atomic E-state index is 13.5. The minimum absolute atomic E-state index is 0.0863. The van der Waals surface area contributed by atoms with Crippen LogP contribution in [0.4, 0.5) is 14.5 Å². The van der Waals surface area contributed by atoms with Crippen molar-refractivity contribution in [3.8, 4) is 0 Å². The van der Waals surface area contributed by atoms with Gasteiger partial charge in [-0.25, -0.2) is 8.78 Å². The Bertz CT molecular complexity index is 557. The first-order valence-corrected chi connectivity index (χ1v) is 6.48. The first-order valence-electron chi connectivity index (χ1n) is 5.69. The minimum atomic E-state index is -0.915. The highest BCUT2D eigenvalue weighted by molar-refractivity contribution is 9.10. The van der Waals surface area contributed by atoms with Crippen LogP contribution in [0.2, 0.25) is 0 Å². The van der Waals surface area contributed by atoms with Crippen molar-refractivity contribution in [2.75, 3.05) is 11.9 Å². The molecule has 5 heteroatoms. The molecule has 2 nitrogen and oxygen atoms in total. The molecule has 2 rings (SSSR count). The van der Waals surface area contributed by atoms with E-state index in [1.807, 2.05) is 0 Å². The topological polar surface area (TPSA) is 32.3 Å². The molecule has 0 amide bonds. The Morgan fingerprint density at radius 1 is 1.16 bits per heavy atom. The van der Waals surface area contributed by atoms with Crippen LogP contribution in [0.3, 0.4) is 0 Å². The quantitative estimate of drug-likeness (QED) is 0.893. The fourth-order valence-corrected chi connectivity index (χ4v) is 2.18. The third-order valence-corrected chi connectivity index (χ3v) is 3.33. The molecule has 0 aliphatic heterocycles. The second-order valence-corrected chi connectivity index (χ2v) is 4.90. The van der Waals surface area contributed by atoms with Gasteiger partial charge in [-0.3, -0.25) is 0 Å². The molecule has 0 aromatic heterocycles. The van der Waals surface area contributed by atoms with Crippen molar-refractivity contribution in [1.82, 2.24) is 0 Å². The van der Waals surface area contributed by atoms with Gasteiger partial charge < -0.3 is 10.4 Å². The molecular weight excluding hydrogens is 316 g/mol. The Morgan fingerprint density at radius 2 is 1.89 bits per heavy atom. The summed E-state index contributed by atoms with van der Waals surface area (Å²) < 4.78 is 27.1. The largest absolute Gasteiger partial charge is 0.387 e. The van der Waals surface area contributed by atoms with Gasteiger partial charge >= 0.3 is 0 Å². The standard InChI is InChI=1S/C14H12BrF2NO/c15-11-5-2-6-12(17)14(11)18-8-13(19)9-3-1-4-10(16)7-9/h1-7,13,18-19H,8H2. The molecule has 0 saturated heterocycles.